The molecular formula is C21H26F2N2O3. The molecule has 152 valence electrons. The molecule has 3 rings (SSSR count). The predicted molar refractivity (Wildman–Crippen MR) is 101 cm³/mol. The van der Waals surface area contributed by atoms with Crippen LogP contribution >= 0.6 is 0 Å². The van der Waals surface area contributed by atoms with Crippen molar-refractivity contribution in [1.82, 2.24) is 10.6 Å². The monoisotopic (exact) mass is 392 g/mol. The molecule has 0 bridgehead atoms. The minimum Gasteiger partial charge on any atom is -0.483 e. The number of hydrogen-bond acceptors (Lipinski definition) is 4. The highest BCUT2D eigenvalue weighted by Gasteiger charge is 2.38. The second kappa shape index (κ2) is 7.54. The largest absolute Gasteiger partial charge is 0.483 e. The number of rotatable bonds is 5. The molecule has 2 heterocycles. The van der Waals surface area contributed by atoms with Gasteiger partial charge in [0, 0.05) is 23.2 Å². The molecule has 1 fully saturated rings. The van der Waals surface area contributed by atoms with E-state index in [1.54, 1.807) is 12.1 Å². The summed E-state index contributed by atoms with van der Waals surface area (Å²) in [7, 11) is 0. The Morgan fingerprint density at radius 1 is 1.18 bits per heavy atom. The van der Waals surface area contributed by atoms with Crippen molar-refractivity contribution in [2.75, 3.05) is 0 Å². The van der Waals surface area contributed by atoms with Crippen LogP contribution in [0.2, 0.25) is 0 Å². The Bertz CT molecular complexity index is 845. The Labute approximate surface area is 163 Å². The molecule has 1 aromatic heterocycles. The SMILES string of the molecule is CC1(C)CC(NC(=O)c2ccc(COc3ccc(F)cc3F)o2)CC(C)(C)N1. The summed E-state index contributed by atoms with van der Waals surface area (Å²) in [5, 5.41) is 6.61. The predicted octanol–water partition coefficient (Wildman–Crippen LogP) is 4.18. The van der Waals surface area contributed by atoms with Crippen LogP contribution in [0.25, 0.3) is 0 Å². The minimum absolute atomic E-state index is 0.0249. The third-order valence-corrected chi connectivity index (χ3v) is 4.67. The van der Waals surface area contributed by atoms with Gasteiger partial charge in [-0.05, 0) is 64.8 Å². The summed E-state index contributed by atoms with van der Waals surface area (Å²) in [6, 6.07) is 6.26. The van der Waals surface area contributed by atoms with Crippen molar-refractivity contribution >= 4 is 5.91 Å². The number of nitrogens with one attached hydrogen (secondary N) is 2. The second-order valence-electron chi connectivity index (χ2n) is 8.60. The first kappa shape index (κ1) is 20.3. The van der Waals surface area contributed by atoms with E-state index < -0.39 is 11.6 Å². The Morgan fingerprint density at radius 3 is 2.50 bits per heavy atom. The first-order valence-corrected chi connectivity index (χ1v) is 9.30. The van der Waals surface area contributed by atoms with Crippen molar-refractivity contribution in [3.8, 4) is 5.75 Å². The summed E-state index contributed by atoms with van der Waals surface area (Å²) in [4.78, 5) is 12.5. The smallest absolute Gasteiger partial charge is 0.287 e. The fourth-order valence-corrected chi connectivity index (χ4v) is 4.00. The number of furan rings is 1. The van der Waals surface area contributed by atoms with Crippen molar-refractivity contribution in [1.29, 1.82) is 0 Å². The van der Waals surface area contributed by atoms with Crippen molar-refractivity contribution in [2.45, 2.75) is 64.3 Å². The van der Waals surface area contributed by atoms with Crippen LogP contribution in [0, 0.1) is 11.6 Å². The van der Waals surface area contributed by atoms with Gasteiger partial charge in [0.1, 0.15) is 18.2 Å². The molecule has 0 radical (unpaired) electrons. The summed E-state index contributed by atoms with van der Waals surface area (Å²) >= 11 is 0. The number of halogens is 2. The summed E-state index contributed by atoms with van der Waals surface area (Å²) in [6.45, 7) is 8.39. The lowest BCUT2D eigenvalue weighted by Crippen LogP contribution is -2.62. The van der Waals surface area contributed by atoms with E-state index in [9.17, 15) is 13.6 Å². The van der Waals surface area contributed by atoms with Gasteiger partial charge in [-0.1, -0.05) is 0 Å². The highest BCUT2D eigenvalue weighted by Crippen LogP contribution is 2.28. The Kier molecular flexibility index (Phi) is 5.48. The van der Waals surface area contributed by atoms with Crippen LogP contribution < -0.4 is 15.4 Å². The fourth-order valence-electron chi connectivity index (χ4n) is 4.00. The molecule has 0 saturated carbocycles. The lowest BCUT2D eigenvalue weighted by molar-refractivity contribution is 0.0842. The number of amides is 1. The van der Waals surface area contributed by atoms with Crippen LogP contribution in [0.3, 0.4) is 0 Å². The average Bonchev–Trinajstić information content (AvgIpc) is 3.00. The zero-order chi connectivity index (χ0) is 20.5. The van der Waals surface area contributed by atoms with Crippen molar-refractivity contribution in [3.63, 3.8) is 0 Å². The van der Waals surface area contributed by atoms with E-state index >= 15 is 0 Å². The molecule has 1 aliphatic heterocycles. The number of carbonyl (C=O) groups excluding carboxylic acids is 1. The summed E-state index contributed by atoms with van der Waals surface area (Å²) < 4.78 is 37.4. The topological polar surface area (TPSA) is 63.5 Å². The summed E-state index contributed by atoms with van der Waals surface area (Å²) in [5.74, 6) is -1.29. The zero-order valence-corrected chi connectivity index (χ0v) is 16.6. The molecule has 2 aromatic rings. The van der Waals surface area contributed by atoms with Gasteiger partial charge < -0.3 is 19.8 Å². The molecule has 1 aromatic carbocycles. The zero-order valence-electron chi connectivity index (χ0n) is 16.6. The maximum absolute atomic E-state index is 13.6. The first-order chi connectivity index (χ1) is 13.0. The van der Waals surface area contributed by atoms with E-state index in [1.165, 1.54) is 6.07 Å². The maximum Gasteiger partial charge on any atom is 0.287 e. The van der Waals surface area contributed by atoms with Crippen molar-refractivity contribution in [2.24, 2.45) is 0 Å². The highest BCUT2D eigenvalue weighted by molar-refractivity contribution is 5.91. The lowest BCUT2D eigenvalue weighted by Gasteiger charge is -2.46. The minimum atomic E-state index is -0.791. The van der Waals surface area contributed by atoms with Gasteiger partial charge in [0.25, 0.3) is 5.91 Å². The van der Waals surface area contributed by atoms with Gasteiger partial charge in [-0.25, -0.2) is 8.78 Å². The third kappa shape index (κ3) is 5.10. The average molecular weight is 392 g/mol. The normalized spacial score (nSPS) is 18.6. The first-order valence-electron chi connectivity index (χ1n) is 9.30. The lowest BCUT2D eigenvalue weighted by atomic mass is 9.79. The van der Waals surface area contributed by atoms with Gasteiger partial charge in [-0.2, -0.15) is 0 Å². The standard InChI is InChI=1S/C21H26F2N2O3/c1-20(2)10-14(11-21(3,4)25-20)24-19(26)18-8-6-15(28-18)12-27-17-7-5-13(22)9-16(17)23/h5-9,14,25H,10-12H2,1-4H3,(H,24,26). The molecule has 7 heteroatoms. The van der Waals surface area contributed by atoms with E-state index in [4.69, 9.17) is 9.15 Å². The molecule has 1 saturated heterocycles. The number of hydrogen-bond donors (Lipinski definition) is 2. The second-order valence-corrected chi connectivity index (χ2v) is 8.60. The highest BCUT2D eigenvalue weighted by atomic mass is 19.1. The Balaban J connectivity index is 1.59. The van der Waals surface area contributed by atoms with Crippen molar-refractivity contribution < 1.29 is 22.7 Å². The van der Waals surface area contributed by atoms with Gasteiger partial charge in [-0.15, -0.1) is 0 Å². The molecule has 1 aliphatic rings. The molecule has 0 spiro atoms. The van der Waals surface area contributed by atoms with Gasteiger partial charge in [0.05, 0.1) is 0 Å². The molecule has 0 atom stereocenters. The van der Waals surface area contributed by atoms with Gasteiger partial charge in [0.2, 0.25) is 0 Å². The number of carbonyl (C=O) groups is 1. The third-order valence-electron chi connectivity index (χ3n) is 4.67. The van der Waals surface area contributed by atoms with Crippen LogP contribution in [0.4, 0.5) is 8.78 Å². The van der Waals surface area contributed by atoms with E-state index in [2.05, 4.69) is 38.3 Å². The van der Waals surface area contributed by atoms with Crippen LogP contribution in [-0.4, -0.2) is 23.0 Å². The maximum atomic E-state index is 13.6. The molecular weight excluding hydrogens is 366 g/mol. The molecule has 5 nitrogen and oxygen atoms in total. The number of benzene rings is 1. The van der Waals surface area contributed by atoms with E-state index in [0.717, 1.165) is 25.0 Å². The van der Waals surface area contributed by atoms with Crippen molar-refractivity contribution in [3.05, 3.63) is 53.5 Å². The molecule has 1 amide bonds. The van der Waals surface area contributed by atoms with E-state index in [1.807, 2.05) is 0 Å². The van der Waals surface area contributed by atoms with Crippen LogP contribution in [0.15, 0.2) is 34.7 Å². The van der Waals surface area contributed by atoms with Crippen LogP contribution in [0.1, 0.15) is 56.9 Å². The van der Waals surface area contributed by atoms with E-state index in [0.29, 0.717) is 5.76 Å². The van der Waals surface area contributed by atoms with Gasteiger partial charge in [0.15, 0.2) is 17.3 Å². The Morgan fingerprint density at radius 2 is 1.86 bits per heavy atom. The number of piperidine rings is 1. The van der Waals surface area contributed by atoms with Gasteiger partial charge in [-0.3, -0.25) is 4.79 Å². The molecule has 0 aliphatic carbocycles. The quantitative estimate of drug-likeness (QED) is 0.802. The van der Waals surface area contributed by atoms with Crippen LogP contribution in [-0.2, 0) is 6.61 Å². The van der Waals surface area contributed by atoms with E-state index in [-0.39, 0.29) is 41.1 Å². The summed E-state index contributed by atoms with van der Waals surface area (Å²) in [5.41, 5.74) is -0.165. The van der Waals surface area contributed by atoms with Gasteiger partial charge >= 0.3 is 0 Å². The molecule has 28 heavy (non-hydrogen) atoms. The number of ether oxygens (including phenoxy) is 1. The fraction of sp³-hybridized carbons (Fsp3) is 0.476. The summed E-state index contributed by atoms with van der Waals surface area (Å²) in [6.07, 6.45) is 1.62. The molecule has 2 N–H and O–H groups in total. The van der Waals surface area contributed by atoms with Crippen LogP contribution in [0.5, 0.6) is 5.75 Å². The molecule has 0 unspecified atom stereocenters. The Hall–Kier alpha value is -2.41.